The van der Waals surface area contributed by atoms with Crippen LogP contribution in [0, 0.1) is 0 Å². The Balaban J connectivity index is 2.08. The van der Waals surface area contributed by atoms with Crippen molar-refractivity contribution in [1.29, 1.82) is 0 Å². The molecule has 0 saturated carbocycles. The summed E-state index contributed by atoms with van der Waals surface area (Å²) in [6.45, 7) is 4.03. The summed E-state index contributed by atoms with van der Waals surface area (Å²) in [7, 11) is 0. The van der Waals surface area contributed by atoms with Gasteiger partial charge in [-0.05, 0) is 32.0 Å². The van der Waals surface area contributed by atoms with Gasteiger partial charge in [0.2, 0.25) is 11.9 Å². The lowest BCUT2D eigenvalue weighted by Crippen LogP contribution is -2.10. The third kappa shape index (κ3) is 3.27. The average Bonchev–Trinajstić information content (AvgIpc) is 2.70. The Morgan fingerprint density at radius 2 is 2.00 bits per heavy atom. The lowest BCUT2D eigenvalue weighted by atomic mass is 10.3. The van der Waals surface area contributed by atoms with Crippen LogP contribution in [0.25, 0.3) is 0 Å². The number of hydrogen-bond donors (Lipinski definition) is 3. The zero-order chi connectivity index (χ0) is 13.1. The Bertz CT molecular complexity index is 538. The largest absolute Gasteiger partial charge is 0.351 e. The molecule has 1 aromatic heterocycles. The number of H-pyrrole nitrogens is 1. The molecule has 18 heavy (non-hydrogen) atoms. The minimum absolute atomic E-state index is 0.277. The molecule has 96 valence electrons. The minimum Gasteiger partial charge on any atom is -0.351 e. The zero-order valence-corrected chi connectivity index (χ0v) is 11.5. The molecule has 0 fully saturated rings. The zero-order valence-electron chi connectivity index (χ0n) is 9.96. The Kier molecular flexibility index (Phi) is 3.93. The normalized spacial score (nSPS) is 10.7. The minimum atomic E-state index is 0.277. The van der Waals surface area contributed by atoms with Crippen LogP contribution in [0.3, 0.4) is 0 Å². The highest BCUT2D eigenvalue weighted by Gasteiger charge is 2.05. The van der Waals surface area contributed by atoms with E-state index in [2.05, 4.69) is 25.8 Å². The molecule has 0 atom stereocenters. The molecular weight excluding hydrogens is 273 g/mol. The van der Waals surface area contributed by atoms with E-state index in [0.29, 0.717) is 21.9 Å². The summed E-state index contributed by atoms with van der Waals surface area (Å²) in [4.78, 5) is 4.23. The molecule has 0 spiro atoms. The van der Waals surface area contributed by atoms with E-state index in [-0.39, 0.29) is 6.04 Å². The van der Waals surface area contributed by atoms with Gasteiger partial charge in [-0.25, -0.2) is 5.10 Å². The topological polar surface area (TPSA) is 65.6 Å². The smallest absolute Gasteiger partial charge is 0.243 e. The van der Waals surface area contributed by atoms with Gasteiger partial charge in [-0.2, -0.15) is 4.98 Å². The molecule has 2 aromatic rings. The first kappa shape index (κ1) is 13.0. The highest BCUT2D eigenvalue weighted by Crippen LogP contribution is 2.26. The van der Waals surface area contributed by atoms with Gasteiger partial charge in [0, 0.05) is 11.7 Å². The predicted molar refractivity (Wildman–Crippen MR) is 74.9 cm³/mol. The van der Waals surface area contributed by atoms with Crippen LogP contribution in [-0.4, -0.2) is 21.2 Å². The van der Waals surface area contributed by atoms with Crippen molar-refractivity contribution >= 4 is 40.8 Å². The second-order valence-corrected chi connectivity index (χ2v) is 4.87. The van der Waals surface area contributed by atoms with Gasteiger partial charge in [0.15, 0.2) is 0 Å². The van der Waals surface area contributed by atoms with E-state index in [9.17, 15) is 0 Å². The highest BCUT2D eigenvalue weighted by atomic mass is 35.5. The Morgan fingerprint density at radius 1 is 1.22 bits per heavy atom. The van der Waals surface area contributed by atoms with Crippen molar-refractivity contribution in [3.8, 4) is 0 Å². The van der Waals surface area contributed by atoms with Crippen molar-refractivity contribution in [3.05, 3.63) is 28.2 Å². The van der Waals surface area contributed by atoms with Crippen LogP contribution in [-0.2, 0) is 0 Å². The maximum atomic E-state index is 5.92. The summed E-state index contributed by atoms with van der Waals surface area (Å²) in [6.07, 6.45) is 0. The average molecular weight is 286 g/mol. The van der Waals surface area contributed by atoms with Crippen LogP contribution in [0.15, 0.2) is 18.2 Å². The number of aromatic amines is 1. The van der Waals surface area contributed by atoms with Crippen molar-refractivity contribution in [3.63, 3.8) is 0 Å². The number of nitrogens with zero attached hydrogens (tertiary/aromatic N) is 2. The van der Waals surface area contributed by atoms with Crippen LogP contribution < -0.4 is 10.6 Å². The summed E-state index contributed by atoms with van der Waals surface area (Å²) in [5.74, 6) is 1.09. The first-order valence-corrected chi connectivity index (χ1v) is 6.21. The highest BCUT2D eigenvalue weighted by molar-refractivity contribution is 6.42. The molecule has 2 rings (SSSR count). The standard InChI is InChI=1S/C11H13Cl2N5/c1-6(2)14-10-16-11(18-17-10)15-7-3-4-8(12)9(13)5-7/h3-6H,1-2H3,(H3,14,15,16,17,18). The Labute approximate surface area is 115 Å². The molecule has 1 heterocycles. The summed E-state index contributed by atoms with van der Waals surface area (Å²) >= 11 is 11.8. The second kappa shape index (κ2) is 5.46. The summed E-state index contributed by atoms with van der Waals surface area (Å²) < 4.78 is 0. The maximum Gasteiger partial charge on any atom is 0.243 e. The summed E-state index contributed by atoms with van der Waals surface area (Å²) in [5, 5.41) is 14.0. The third-order valence-corrected chi connectivity index (χ3v) is 2.82. The number of halogens is 2. The molecule has 0 aliphatic rings. The number of benzene rings is 1. The molecule has 5 nitrogen and oxygen atoms in total. The quantitative estimate of drug-likeness (QED) is 0.802. The molecule has 0 aliphatic heterocycles. The lowest BCUT2D eigenvalue weighted by Gasteiger charge is -2.04. The SMILES string of the molecule is CC(C)Nc1n[nH]c(Nc2ccc(Cl)c(Cl)c2)n1. The van der Waals surface area contributed by atoms with Gasteiger partial charge in [0.1, 0.15) is 0 Å². The van der Waals surface area contributed by atoms with Crippen molar-refractivity contribution < 1.29 is 0 Å². The Morgan fingerprint density at radius 3 is 2.67 bits per heavy atom. The molecule has 0 unspecified atom stereocenters. The van der Waals surface area contributed by atoms with Crippen LogP contribution in [0.1, 0.15) is 13.8 Å². The number of rotatable bonds is 4. The first-order valence-electron chi connectivity index (χ1n) is 5.45. The maximum absolute atomic E-state index is 5.92. The fraction of sp³-hybridized carbons (Fsp3) is 0.273. The molecule has 0 radical (unpaired) electrons. The first-order chi connectivity index (χ1) is 8.54. The van der Waals surface area contributed by atoms with E-state index in [0.717, 1.165) is 5.69 Å². The molecule has 7 heteroatoms. The van der Waals surface area contributed by atoms with Gasteiger partial charge >= 0.3 is 0 Å². The lowest BCUT2D eigenvalue weighted by molar-refractivity contribution is 0.876. The molecule has 0 amide bonds. The van der Waals surface area contributed by atoms with Crippen molar-refractivity contribution in [1.82, 2.24) is 15.2 Å². The fourth-order valence-corrected chi connectivity index (χ4v) is 1.65. The van der Waals surface area contributed by atoms with Gasteiger partial charge in [-0.1, -0.05) is 23.2 Å². The molecule has 0 bridgehead atoms. The summed E-state index contributed by atoms with van der Waals surface area (Å²) in [5.41, 5.74) is 0.789. The van der Waals surface area contributed by atoms with Gasteiger partial charge in [0.05, 0.1) is 10.0 Å². The number of aromatic nitrogens is 3. The van der Waals surface area contributed by atoms with Crippen LogP contribution >= 0.6 is 23.2 Å². The van der Waals surface area contributed by atoms with E-state index in [1.54, 1.807) is 12.1 Å². The molecule has 3 N–H and O–H groups in total. The van der Waals surface area contributed by atoms with E-state index >= 15 is 0 Å². The van der Waals surface area contributed by atoms with Crippen molar-refractivity contribution in [2.24, 2.45) is 0 Å². The van der Waals surface area contributed by atoms with Crippen LogP contribution in [0.4, 0.5) is 17.6 Å². The number of anilines is 3. The molecular formula is C11H13Cl2N5. The third-order valence-electron chi connectivity index (χ3n) is 2.09. The van der Waals surface area contributed by atoms with Gasteiger partial charge < -0.3 is 10.6 Å². The molecule has 0 saturated heterocycles. The van der Waals surface area contributed by atoms with Gasteiger partial charge in [-0.3, -0.25) is 0 Å². The van der Waals surface area contributed by atoms with E-state index in [1.807, 2.05) is 19.9 Å². The van der Waals surface area contributed by atoms with E-state index in [1.165, 1.54) is 0 Å². The van der Waals surface area contributed by atoms with E-state index in [4.69, 9.17) is 23.2 Å². The molecule has 1 aromatic carbocycles. The van der Waals surface area contributed by atoms with Crippen molar-refractivity contribution in [2.45, 2.75) is 19.9 Å². The Hall–Kier alpha value is -1.46. The predicted octanol–water partition coefficient (Wildman–Crippen LogP) is 3.68. The monoisotopic (exact) mass is 285 g/mol. The fourth-order valence-electron chi connectivity index (χ4n) is 1.35. The molecule has 0 aliphatic carbocycles. The van der Waals surface area contributed by atoms with E-state index < -0.39 is 0 Å². The summed E-state index contributed by atoms with van der Waals surface area (Å²) in [6, 6.07) is 5.53. The van der Waals surface area contributed by atoms with Gasteiger partial charge in [0.25, 0.3) is 0 Å². The van der Waals surface area contributed by atoms with Crippen LogP contribution in [0.2, 0.25) is 10.0 Å². The van der Waals surface area contributed by atoms with Crippen LogP contribution in [0.5, 0.6) is 0 Å². The van der Waals surface area contributed by atoms with Gasteiger partial charge in [-0.15, -0.1) is 5.10 Å². The number of hydrogen-bond acceptors (Lipinski definition) is 4. The van der Waals surface area contributed by atoms with Crippen molar-refractivity contribution in [2.75, 3.05) is 10.6 Å². The second-order valence-electron chi connectivity index (χ2n) is 4.06. The number of nitrogens with one attached hydrogen (secondary N) is 3.